The second-order valence-electron chi connectivity index (χ2n) is 5.53. The standard InChI is InChI=1S/C18H16N6O/c1-24-15-6-4-3-5-14(15)16-17(24)20-18(23-21-16)22-19-11-12-7-9-13(25-2)10-8-12/h3-11H,1-2H3,(H,20,22,23). The van der Waals surface area contributed by atoms with Crippen LogP contribution in [0.4, 0.5) is 5.95 Å². The molecule has 124 valence electrons. The van der Waals surface area contributed by atoms with Crippen molar-refractivity contribution in [1.29, 1.82) is 0 Å². The molecule has 0 saturated heterocycles. The summed E-state index contributed by atoms with van der Waals surface area (Å²) in [6, 6.07) is 15.6. The maximum absolute atomic E-state index is 5.13. The van der Waals surface area contributed by atoms with E-state index < -0.39 is 0 Å². The van der Waals surface area contributed by atoms with Gasteiger partial charge in [-0.05, 0) is 35.9 Å². The maximum Gasteiger partial charge on any atom is 0.265 e. The number of hydrogen-bond donors (Lipinski definition) is 1. The molecule has 7 heteroatoms. The van der Waals surface area contributed by atoms with Crippen LogP contribution in [0.15, 0.2) is 53.6 Å². The highest BCUT2D eigenvalue weighted by Crippen LogP contribution is 2.24. The van der Waals surface area contributed by atoms with Gasteiger partial charge in [-0.2, -0.15) is 10.1 Å². The molecule has 0 unspecified atom stereocenters. The number of nitrogens with zero attached hydrogens (tertiary/aromatic N) is 5. The predicted molar refractivity (Wildman–Crippen MR) is 98.0 cm³/mol. The largest absolute Gasteiger partial charge is 0.497 e. The fourth-order valence-corrected chi connectivity index (χ4v) is 2.71. The lowest BCUT2D eigenvalue weighted by molar-refractivity contribution is 0.415. The number of aryl methyl sites for hydroxylation is 1. The maximum atomic E-state index is 5.13. The molecule has 0 spiro atoms. The van der Waals surface area contributed by atoms with Gasteiger partial charge in [-0.1, -0.05) is 18.2 Å². The molecule has 0 atom stereocenters. The van der Waals surface area contributed by atoms with E-state index in [2.05, 4.69) is 25.7 Å². The topological polar surface area (TPSA) is 77.2 Å². The van der Waals surface area contributed by atoms with Crippen LogP contribution in [0, 0.1) is 0 Å². The Labute approximate surface area is 144 Å². The number of aromatic nitrogens is 4. The predicted octanol–water partition coefficient (Wildman–Crippen LogP) is 2.97. The quantitative estimate of drug-likeness (QED) is 0.459. The van der Waals surface area contributed by atoms with Crippen LogP contribution in [0.2, 0.25) is 0 Å². The number of nitrogens with one attached hydrogen (secondary N) is 1. The van der Waals surface area contributed by atoms with E-state index in [1.165, 1.54) is 0 Å². The molecule has 0 aliphatic rings. The second kappa shape index (κ2) is 6.20. The lowest BCUT2D eigenvalue weighted by atomic mass is 10.2. The van der Waals surface area contributed by atoms with E-state index in [4.69, 9.17) is 4.74 Å². The highest BCUT2D eigenvalue weighted by Gasteiger charge is 2.11. The van der Waals surface area contributed by atoms with Gasteiger partial charge in [0.2, 0.25) is 0 Å². The zero-order valence-corrected chi connectivity index (χ0v) is 13.8. The summed E-state index contributed by atoms with van der Waals surface area (Å²) in [7, 11) is 3.60. The molecule has 0 aliphatic carbocycles. The van der Waals surface area contributed by atoms with Gasteiger partial charge < -0.3 is 9.30 Å². The minimum absolute atomic E-state index is 0.350. The van der Waals surface area contributed by atoms with Crippen LogP contribution in [0.25, 0.3) is 22.1 Å². The molecule has 0 saturated carbocycles. The summed E-state index contributed by atoms with van der Waals surface area (Å²) in [5.41, 5.74) is 6.37. The molecule has 7 nitrogen and oxygen atoms in total. The lowest BCUT2D eigenvalue weighted by Gasteiger charge is -2.00. The smallest absolute Gasteiger partial charge is 0.265 e. The molecule has 2 heterocycles. The van der Waals surface area contributed by atoms with Crippen molar-refractivity contribution in [3.63, 3.8) is 0 Å². The van der Waals surface area contributed by atoms with Gasteiger partial charge in [0, 0.05) is 12.4 Å². The first-order valence-electron chi connectivity index (χ1n) is 7.77. The van der Waals surface area contributed by atoms with Crippen molar-refractivity contribution < 1.29 is 4.74 Å². The summed E-state index contributed by atoms with van der Waals surface area (Å²) in [5.74, 6) is 1.15. The van der Waals surface area contributed by atoms with E-state index >= 15 is 0 Å². The second-order valence-corrected chi connectivity index (χ2v) is 5.53. The Bertz CT molecular complexity index is 1070. The average Bonchev–Trinajstić information content (AvgIpc) is 2.95. The Morgan fingerprint density at radius 3 is 2.68 bits per heavy atom. The third kappa shape index (κ3) is 2.76. The van der Waals surface area contributed by atoms with Gasteiger partial charge in [0.05, 0.1) is 18.8 Å². The number of methoxy groups -OCH3 is 1. The van der Waals surface area contributed by atoms with Gasteiger partial charge in [-0.25, -0.2) is 5.43 Å². The van der Waals surface area contributed by atoms with E-state index in [1.807, 2.05) is 60.1 Å². The number of para-hydroxylation sites is 1. The fraction of sp³-hybridized carbons (Fsp3) is 0.111. The first-order valence-corrected chi connectivity index (χ1v) is 7.77. The molecule has 0 bridgehead atoms. The molecular weight excluding hydrogens is 316 g/mol. The van der Waals surface area contributed by atoms with E-state index in [1.54, 1.807) is 13.3 Å². The monoisotopic (exact) mass is 332 g/mol. The number of anilines is 1. The van der Waals surface area contributed by atoms with Crippen LogP contribution < -0.4 is 10.2 Å². The Kier molecular flexibility index (Phi) is 3.74. The Morgan fingerprint density at radius 1 is 1.08 bits per heavy atom. The van der Waals surface area contributed by atoms with Crippen molar-refractivity contribution in [2.75, 3.05) is 12.5 Å². The van der Waals surface area contributed by atoms with Crippen molar-refractivity contribution in [3.05, 3.63) is 54.1 Å². The third-order valence-corrected chi connectivity index (χ3v) is 4.00. The van der Waals surface area contributed by atoms with Gasteiger partial charge >= 0.3 is 0 Å². The fourth-order valence-electron chi connectivity index (χ4n) is 2.71. The van der Waals surface area contributed by atoms with Gasteiger partial charge in [-0.15, -0.1) is 10.2 Å². The third-order valence-electron chi connectivity index (χ3n) is 4.00. The number of hydrazone groups is 1. The van der Waals surface area contributed by atoms with Crippen LogP contribution in [-0.4, -0.2) is 33.1 Å². The molecule has 2 aromatic heterocycles. The number of benzene rings is 2. The molecule has 2 aromatic carbocycles. The molecular formula is C18H16N6O. The number of hydrogen-bond acceptors (Lipinski definition) is 6. The van der Waals surface area contributed by atoms with Crippen LogP contribution in [0.5, 0.6) is 5.75 Å². The van der Waals surface area contributed by atoms with Crippen molar-refractivity contribution in [2.24, 2.45) is 12.1 Å². The molecule has 0 fully saturated rings. The van der Waals surface area contributed by atoms with Gasteiger partial charge in [0.15, 0.2) is 5.65 Å². The first kappa shape index (κ1) is 15.1. The van der Waals surface area contributed by atoms with Gasteiger partial charge in [0.1, 0.15) is 11.3 Å². The highest BCUT2D eigenvalue weighted by molar-refractivity contribution is 6.04. The van der Waals surface area contributed by atoms with E-state index in [9.17, 15) is 0 Å². The Hall–Kier alpha value is -3.48. The highest BCUT2D eigenvalue weighted by atomic mass is 16.5. The van der Waals surface area contributed by atoms with Gasteiger partial charge in [0.25, 0.3) is 5.95 Å². The number of rotatable bonds is 4. The Balaban J connectivity index is 1.60. The molecule has 1 N–H and O–H groups in total. The van der Waals surface area contributed by atoms with E-state index in [0.717, 1.165) is 33.4 Å². The molecule has 0 radical (unpaired) electrons. The minimum Gasteiger partial charge on any atom is -0.497 e. The summed E-state index contributed by atoms with van der Waals surface area (Å²) in [5, 5.41) is 13.6. The summed E-state index contributed by atoms with van der Waals surface area (Å²) in [4.78, 5) is 4.52. The van der Waals surface area contributed by atoms with Crippen molar-refractivity contribution in [3.8, 4) is 5.75 Å². The van der Waals surface area contributed by atoms with Crippen LogP contribution in [0.1, 0.15) is 5.56 Å². The molecule has 25 heavy (non-hydrogen) atoms. The van der Waals surface area contributed by atoms with Crippen molar-refractivity contribution in [1.82, 2.24) is 19.7 Å². The molecule has 4 aromatic rings. The lowest BCUT2D eigenvalue weighted by Crippen LogP contribution is -2.00. The average molecular weight is 332 g/mol. The first-order chi connectivity index (χ1) is 12.3. The van der Waals surface area contributed by atoms with Gasteiger partial charge in [-0.3, -0.25) is 0 Å². The molecule has 4 rings (SSSR count). The number of ether oxygens (including phenoxy) is 1. The zero-order valence-electron chi connectivity index (χ0n) is 13.8. The SMILES string of the molecule is COc1ccc(C=NNc2nnc3c4ccccc4n(C)c3n2)cc1. The van der Waals surface area contributed by atoms with Crippen molar-refractivity contribution >= 4 is 34.2 Å². The molecule has 0 amide bonds. The van der Waals surface area contributed by atoms with Crippen molar-refractivity contribution in [2.45, 2.75) is 0 Å². The molecule has 0 aliphatic heterocycles. The Morgan fingerprint density at radius 2 is 1.88 bits per heavy atom. The van der Waals surface area contributed by atoms with Crippen LogP contribution in [0.3, 0.4) is 0 Å². The minimum atomic E-state index is 0.350. The normalized spacial score (nSPS) is 11.4. The van der Waals surface area contributed by atoms with E-state index in [0.29, 0.717) is 5.95 Å². The van der Waals surface area contributed by atoms with Crippen LogP contribution in [-0.2, 0) is 7.05 Å². The number of fused-ring (bicyclic) bond motifs is 3. The summed E-state index contributed by atoms with van der Waals surface area (Å²) >= 11 is 0. The zero-order chi connectivity index (χ0) is 17.2. The summed E-state index contributed by atoms with van der Waals surface area (Å²) in [6.45, 7) is 0. The van der Waals surface area contributed by atoms with Crippen LogP contribution >= 0.6 is 0 Å². The van der Waals surface area contributed by atoms with E-state index in [-0.39, 0.29) is 0 Å². The summed E-state index contributed by atoms with van der Waals surface area (Å²) in [6.07, 6.45) is 1.69. The summed E-state index contributed by atoms with van der Waals surface area (Å²) < 4.78 is 7.13.